The molecule has 2 aliphatic rings. The molecule has 1 aliphatic heterocycles. The highest BCUT2D eigenvalue weighted by Gasteiger charge is 2.36. The Bertz CT molecular complexity index is 526. The average Bonchev–Trinajstić information content (AvgIpc) is 2.90. The van der Waals surface area contributed by atoms with Crippen LogP contribution in [0.3, 0.4) is 0 Å². The standard InChI is InChI=1S/C16H23N3O/c1-11-6-7-15(13(10-11)16(17)18-20)19-9-8-12-4-2-3-5-14(12)19/h6-7,10,12,14,20H,2-5,8-9H2,1H3,(H2,17,18). The first-order chi connectivity index (χ1) is 9.70. The Labute approximate surface area is 120 Å². The molecule has 1 aromatic carbocycles. The molecule has 1 saturated heterocycles. The van der Waals surface area contributed by atoms with Crippen LogP contribution in [0.15, 0.2) is 23.4 Å². The molecule has 1 saturated carbocycles. The predicted molar refractivity (Wildman–Crippen MR) is 81.4 cm³/mol. The number of hydrogen-bond donors (Lipinski definition) is 2. The lowest BCUT2D eigenvalue weighted by Gasteiger charge is -2.34. The van der Waals surface area contributed by atoms with Gasteiger partial charge >= 0.3 is 0 Å². The van der Waals surface area contributed by atoms with Gasteiger partial charge in [0.1, 0.15) is 0 Å². The van der Waals surface area contributed by atoms with Crippen molar-refractivity contribution in [1.29, 1.82) is 0 Å². The van der Waals surface area contributed by atoms with E-state index in [4.69, 9.17) is 10.9 Å². The summed E-state index contributed by atoms with van der Waals surface area (Å²) in [5, 5.41) is 12.2. The Morgan fingerprint density at radius 3 is 2.90 bits per heavy atom. The molecule has 0 radical (unpaired) electrons. The lowest BCUT2D eigenvalue weighted by atomic mass is 9.85. The number of rotatable bonds is 2. The fourth-order valence-corrected chi connectivity index (χ4v) is 3.86. The predicted octanol–water partition coefficient (Wildman–Crippen LogP) is 2.86. The molecule has 0 spiro atoms. The monoisotopic (exact) mass is 273 g/mol. The van der Waals surface area contributed by atoms with Gasteiger partial charge in [0.15, 0.2) is 5.84 Å². The number of nitrogens with two attached hydrogens (primary N) is 1. The van der Waals surface area contributed by atoms with Gasteiger partial charge in [0.25, 0.3) is 0 Å². The third-order valence-corrected chi connectivity index (χ3v) is 4.86. The van der Waals surface area contributed by atoms with Crippen LogP contribution in [0.5, 0.6) is 0 Å². The van der Waals surface area contributed by atoms with Gasteiger partial charge in [-0.3, -0.25) is 0 Å². The van der Waals surface area contributed by atoms with Crippen molar-refractivity contribution >= 4 is 11.5 Å². The lowest BCUT2D eigenvalue weighted by molar-refractivity contribution is 0.318. The molecular formula is C16H23N3O. The molecule has 2 fully saturated rings. The molecule has 3 rings (SSSR count). The number of amidine groups is 1. The normalized spacial score (nSPS) is 26.6. The van der Waals surface area contributed by atoms with Crippen LogP contribution in [0.4, 0.5) is 5.69 Å². The Hall–Kier alpha value is -1.71. The molecule has 2 unspecified atom stereocenters. The fourth-order valence-electron chi connectivity index (χ4n) is 3.86. The Kier molecular flexibility index (Phi) is 3.55. The van der Waals surface area contributed by atoms with Gasteiger partial charge in [0.2, 0.25) is 0 Å². The van der Waals surface area contributed by atoms with E-state index in [1.54, 1.807) is 0 Å². The van der Waals surface area contributed by atoms with Crippen LogP contribution >= 0.6 is 0 Å². The summed E-state index contributed by atoms with van der Waals surface area (Å²) < 4.78 is 0. The van der Waals surface area contributed by atoms with Crippen LogP contribution in [0, 0.1) is 12.8 Å². The van der Waals surface area contributed by atoms with Crippen LogP contribution in [0.25, 0.3) is 0 Å². The van der Waals surface area contributed by atoms with E-state index in [1.807, 2.05) is 13.0 Å². The van der Waals surface area contributed by atoms with Crippen molar-refractivity contribution in [2.75, 3.05) is 11.4 Å². The van der Waals surface area contributed by atoms with Crippen molar-refractivity contribution in [3.63, 3.8) is 0 Å². The summed E-state index contributed by atoms with van der Waals surface area (Å²) in [7, 11) is 0. The summed E-state index contributed by atoms with van der Waals surface area (Å²) in [6, 6.07) is 6.89. The zero-order valence-corrected chi connectivity index (χ0v) is 12.0. The van der Waals surface area contributed by atoms with Crippen molar-refractivity contribution in [2.24, 2.45) is 16.8 Å². The zero-order chi connectivity index (χ0) is 14.1. The second-order valence-electron chi connectivity index (χ2n) is 6.10. The lowest BCUT2D eigenvalue weighted by Crippen LogP contribution is -2.36. The highest BCUT2D eigenvalue weighted by Crippen LogP contribution is 2.40. The van der Waals surface area contributed by atoms with E-state index < -0.39 is 0 Å². The maximum absolute atomic E-state index is 9.02. The second kappa shape index (κ2) is 5.35. The van der Waals surface area contributed by atoms with Gasteiger partial charge in [-0.1, -0.05) is 29.6 Å². The zero-order valence-electron chi connectivity index (χ0n) is 12.0. The van der Waals surface area contributed by atoms with E-state index in [0.717, 1.165) is 29.3 Å². The summed E-state index contributed by atoms with van der Waals surface area (Å²) >= 11 is 0. The molecule has 3 N–H and O–H groups in total. The van der Waals surface area contributed by atoms with Crippen LogP contribution in [0.1, 0.15) is 43.2 Å². The molecular weight excluding hydrogens is 250 g/mol. The van der Waals surface area contributed by atoms with Crippen molar-refractivity contribution in [1.82, 2.24) is 0 Å². The number of aryl methyl sites for hydroxylation is 1. The minimum absolute atomic E-state index is 0.211. The quantitative estimate of drug-likeness (QED) is 0.377. The molecule has 1 aromatic rings. The van der Waals surface area contributed by atoms with Gasteiger partial charge in [0.05, 0.1) is 0 Å². The minimum Gasteiger partial charge on any atom is -0.409 e. The Morgan fingerprint density at radius 1 is 1.30 bits per heavy atom. The van der Waals surface area contributed by atoms with Gasteiger partial charge in [-0.15, -0.1) is 0 Å². The van der Waals surface area contributed by atoms with Gasteiger partial charge in [-0.2, -0.15) is 0 Å². The van der Waals surface area contributed by atoms with E-state index in [2.05, 4.69) is 22.2 Å². The molecule has 0 bridgehead atoms. The van der Waals surface area contributed by atoms with Crippen molar-refractivity contribution in [3.8, 4) is 0 Å². The summed E-state index contributed by atoms with van der Waals surface area (Å²) in [5.74, 6) is 1.04. The first kappa shape index (κ1) is 13.3. The summed E-state index contributed by atoms with van der Waals surface area (Å²) in [4.78, 5) is 2.48. The van der Waals surface area contributed by atoms with Crippen LogP contribution in [0.2, 0.25) is 0 Å². The van der Waals surface area contributed by atoms with E-state index in [1.165, 1.54) is 32.1 Å². The highest BCUT2D eigenvalue weighted by molar-refractivity contribution is 6.02. The minimum atomic E-state index is 0.211. The van der Waals surface area contributed by atoms with Gasteiger partial charge in [-0.05, 0) is 44.2 Å². The molecule has 1 heterocycles. The molecule has 108 valence electrons. The highest BCUT2D eigenvalue weighted by atomic mass is 16.4. The van der Waals surface area contributed by atoms with Crippen LogP contribution in [-0.4, -0.2) is 23.6 Å². The number of nitrogens with zero attached hydrogens (tertiary/aromatic N) is 2. The first-order valence-corrected chi connectivity index (χ1v) is 7.56. The van der Waals surface area contributed by atoms with E-state index in [0.29, 0.717) is 6.04 Å². The third kappa shape index (κ3) is 2.23. The number of fused-ring (bicyclic) bond motifs is 1. The average molecular weight is 273 g/mol. The third-order valence-electron chi connectivity index (χ3n) is 4.86. The van der Waals surface area contributed by atoms with Crippen molar-refractivity contribution in [3.05, 3.63) is 29.3 Å². The van der Waals surface area contributed by atoms with E-state index >= 15 is 0 Å². The molecule has 4 heteroatoms. The number of anilines is 1. The van der Waals surface area contributed by atoms with E-state index in [-0.39, 0.29) is 5.84 Å². The van der Waals surface area contributed by atoms with Gasteiger partial charge < -0.3 is 15.8 Å². The number of hydrogen-bond acceptors (Lipinski definition) is 3. The molecule has 2 atom stereocenters. The largest absolute Gasteiger partial charge is 0.409 e. The maximum atomic E-state index is 9.02. The van der Waals surface area contributed by atoms with Crippen LogP contribution in [-0.2, 0) is 0 Å². The second-order valence-corrected chi connectivity index (χ2v) is 6.10. The maximum Gasteiger partial charge on any atom is 0.172 e. The SMILES string of the molecule is Cc1ccc(N2CCC3CCCCC32)c(/C(N)=N/O)c1. The number of benzene rings is 1. The molecule has 1 aliphatic carbocycles. The smallest absolute Gasteiger partial charge is 0.172 e. The van der Waals surface area contributed by atoms with Crippen LogP contribution < -0.4 is 10.6 Å². The van der Waals surface area contributed by atoms with E-state index in [9.17, 15) is 0 Å². The molecule has 0 aromatic heterocycles. The summed E-state index contributed by atoms with van der Waals surface area (Å²) in [5.41, 5.74) is 8.99. The molecule has 4 nitrogen and oxygen atoms in total. The van der Waals surface area contributed by atoms with Gasteiger partial charge in [0, 0.05) is 23.8 Å². The molecule has 0 amide bonds. The Balaban J connectivity index is 1.97. The summed E-state index contributed by atoms with van der Waals surface area (Å²) in [6.45, 7) is 3.12. The topological polar surface area (TPSA) is 61.8 Å². The Morgan fingerprint density at radius 2 is 2.10 bits per heavy atom. The van der Waals surface area contributed by atoms with Crippen molar-refractivity contribution in [2.45, 2.75) is 45.1 Å². The fraction of sp³-hybridized carbons (Fsp3) is 0.562. The van der Waals surface area contributed by atoms with Crippen molar-refractivity contribution < 1.29 is 5.21 Å². The first-order valence-electron chi connectivity index (χ1n) is 7.56. The number of oxime groups is 1. The van der Waals surface area contributed by atoms with Gasteiger partial charge in [-0.25, -0.2) is 0 Å². The summed E-state index contributed by atoms with van der Waals surface area (Å²) in [6.07, 6.45) is 6.59. The molecule has 20 heavy (non-hydrogen) atoms.